The third-order valence-corrected chi connectivity index (χ3v) is 6.82. The van der Waals surface area contributed by atoms with Gasteiger partial charge in [0.15, 0.2) is 5.54 Å². The number of carbonyl (C=O) groups is 3. The molecule has 3 heterocycles. The van der Waals surface area contributed by atoms with Crippen molar-refractivity contribution >= 4 is 34.4 Å². The number of rotatable bonds is 4. The summed E-state index contributed by atoms with van der Waals surface area (Å²) in [6.45, 7) is 6.20. The van der Waals surface area contributed by atoms with Crippen LogP contribution in [-0.2, 0) is 16.8 Å². The summed E-state index contributed by atoms with van der Waals surface area (Å²) in [6, 6.07) is 14.3. The van der Waals surface area contributed by atoms with Crippen molar-refractivity contribution in [3.05, 3.63) is 65.4 Å². The summed E-state index contributed by atoms with van der Waals surface area (Å²) >= 11 is 0. The van der Waals surface area contributed by atoms with Gasteiger partial charge in [0.25, 0.3) is 11.8 Å². The van der Waals surface area contributed by atoms with Crippen molar-refractivity contribution in [1.29, 1.82) is 0 Å². The topological polar surface area (TPSA) is 85.5 Å². The van der Waals surface area contributed by atoms with Gasteiger partial charge in [0.05, 0.1) is 11.4 Å². The zero-order valence-electron chi connectivity index (χ0n) is 18.4. The van der Waals surface area contributed by atoms with Crippen molar-refractivity contribution in [2.75, 3.05) is 11.4 Å². The highest BCUT2D eigenvalue weighted by atomic mass is 16.2. The highest BCUT2D eigenvalue weighted by Gasteiger charge is 2.59. The number of aromatic nitrogens is 1. The number of anilines is 1. The van der Waals surface area contributed by atoms with Crippen molar-refractivity contribution in [2.24, 2.45) is 0 Å². The Balaban J connectivity index is 1.55. The molecule has 3 aromatic rings. The van der Waals surface area contributed by atoms with E-state index < -0.39 is 5.54 Å². The van der Waals surface area contributed by atoms with Gasteiger partial charge in [-0.05, 0) is 56.5 Å². The fraction of sp³-hybridized carbons (Fsp3) is 0.320. The van der Waals surface area contributed by atoms with Crippen molar-refractivity contribution in [1.82, 2.24) is 15.2 Å². The van der Waals surface area contributed by atoms with Crippen molar-refractivity contribution in [3.63, 3.8) is 0 Å². The maximum atomic E-state index is 13.8. The summed E-state index contributed by atoms with van der Waals surface area (Å²) in [5.74, 6) is -0.531. The summed E-state index contributed by atoms with van der Waals surface area (Å²) in [4.78, 5) is 46.0. The number of benzene rings is 2. The van der Waals surface area contributed by atoms with E-state index in [1.807, 2.05) is 38.1 Å². The molecule has 5 rings (SSSR count). The van der Waals surface area contributed by atoms with E-state index in [2.05, 4.69) is 10.3 Å². The molecule has 1 fully saturated rings. The zero-order valence-corrected chi connectivity index (χ0v) is 18.4. The monoisotopic (exact) mass is 430 g/mol. The number of hydrogen-bond donors (Lipinski definition) is 2. The average molecular weight is 431 g/mol. The first kappa shape index (κ1) is 20.3. The van der Waals surface area contributed by atoms with E-state index in [0.717, 1.165) is 28.6 Å². The highest BCUT2D eigenvalue weighted by Crippen LogP contribution is 2.45. The third kappa shape index (κ3) is 2.77. The average Bonchev–Trinajstić information content (AvgIpc) is 3.27. The van der Waals surface area contributed by atoms with Crippen LogP contribution >= 0.6 is 0 Å². The molecule has 4 amide bonds. The molecule has 0 saturated carbocycles. The number of nitrogens with zero attached hydrogens (tertiary/aromatic N) is 2. The first-order valence-electron chi connectivity index (χ1n) is 11.0. The first-order valence-corrected chi connectivity index (χ1v) is 11.0. The lowest BCUT2D eigenvalue weighted by molar-refractivity contribution is -0.125. The van der Waals surface area contributed by atoms with Crippen LogP contribution in [0.1, 0.15) is 48.8 Å². The van der Waals surface area contributed by atoms with E-state index in [1.54, 1.807) is 36.1 Å². The standard InChI is InChI=1S/C25H26N4O3/c1-4-15(2)26-22(30)16-8-7-9-17(14-16)29-23(31)25(3)21-19(12-13-28(25)24(29)32)18-10-5-6-11-20(18)27-21/h5-11,14-15,27H,4,12-13H2,1-3H3,(H,26,30)/t15-,25+/m1/s1. The lowest BCUT2D eigenvalue weighted by Crippen LogP contribution is -2.49. The number of fused-ring (bicyclic) bond motifs is 5. The molecule has 0 unspecified atom stereocenters. The van der Waals surface area contributed by atoms with Crippen LogP contribution in [-0.4, -0.2) is 40.3 Å². The molecule has 2 aliphatic heterocycles. The SMILES string of the molecule is CC[C@@H](C)NC(=O)c1cccc(N2C(=O)N3CCc4c([nH]c5ccccc45)[C@@]3(C)C2=O)c1. The van der Waals surface area contributed by atoms with Crippen LogP contribution in [0, 0.1) is 0 Å². The van der Waals surface area contributed by atoms with Gasteiger partial charge in [0.2, 0.25) is 0 Å². The maximum Gasteiger partial charge on any atom is 0.332 e. The Labute approximate surface area is 186 Å². The van der Waals surface area contributed by atoms with E-state index in [9.17, 15) is 14.4 Å². The van der Waals surface area contributed by atoms with E-state index in [1.165, 1.54) is 4.90 Å². The van der Waals surface area contributed by atoms with Crippen LogP contribution in [0.2, 0.25) is 0 Å². The van der Waals surface area contributed by atoms with E-state index in [-0.39, 0.29) is 23.9 Å². The number of nitrogens with one attached hydrogen (secondary N) is 2. The van der Waals surface area contributed by atoms with Crippen LogP contribution in [0.5, 0.6) is 0 Å². The molecule has 0 radical (unpaired) electrons. The molecule has 1 aromatic heterocycles. The third-order valence-electron chi connectivity index (χ3n) is 6.82. The summed E-state index contributed by atoms with van der Waals surface area (Å²) in [7, 11) is 0. The van der Waals surface area contributed by atoms with Gasteiger partial charge in [-0.3, -0.25) is 9.59 Å². The molecule has 7 nitrogen and oxygen atoms in total. The normalized spacial score (nSPS) is 21.0. The van der Waals surface area contributed by atoms with Crippen LogP contribution in [0.4, 0.5) is 10.5 Å². The molecule has 2 atom stereocenters. The summed E-state index contributed by atoms with van der Waals surface area (Å²) in [5, 5.41) is 4.02. The van der Waals surface area contributed by atoms with E-state index in [0.29, 0.717) is 24.2 Å². The fourth-order valence-corrected chi connectivity index (χ4v) is 4.82. The van der Waals surface area contributed by atoms with Gasteiger partial charge >= 0.3 is 6.03 Å². The smallest absolute Gasteiger partial charge is 0.332 e. The molecule has 1 saturated heterocycles. The molecule has 32 heavy (non-hydrogen) atoms. The second-order valence-corrected chi connectivity index (χ2v) is 8.75. The van der Waals surface area contributed by atoms with Gasteiger partial charge in [-0.1, -0.05) is 31.2 Å². The Morgan fingerprint density at radius 2 is 1.97 bits per heavy atom. The van der Waals surface area contributed by atoms with Gasteiger partial charge in [0, 0.05) is 29.1 Å². The van der Waals surface area contributed by atoms with Gasteiger partial charge in [-0.25, -0.2) is 9.69 Å². The van der Waals surface area contributed by atoms with Crippen molar-refractivity contribution in [2.45, 2.75) is 45.2 Å². The van der Waals surface area contributed by atoms with Gasteiger partial charge in [0.1, 0.15) is 0 Å². The Kier molecular flexibility index (Phi) is 4.58. The van der Waals surface area contributed by atoms with Crippen LogP contribution in [0.15, 0.2) is 48.5 Å². The number of aromatic amines is 1. The van der Waals surface area contributed by atoms with Crippen LogP contribution < -0.4 is 10.2 Å². The lowest BCUT2D eigenvalue weighted by Gasteiger charge is -2.35. The van der Waals surface area contributed by atoms with E-state index in [4.69, 9.17) is 0 Å². The number of urea groups is 1. The Morgan fingerprint density at radius 3 is 2.75 bits per heavy atom. The Morgan fingerprint density at radius 1 is 1.19 bits per heavy atom. The second-order valence-electron chi connectivity index (χ2n) is 8.75. The molecule has 7 heteroatoms. The van der Waals surface area contributed by atoms with Crippen LogP contribution in [0.3, 0.4) is 0 Å². The second kappa shape index (κ2) is 7.22. The molecule has 0 spiro atoms. The number of H-pyrrole nitrogens is 1. The fourth-order valence-electron chi connectivity index (χ4n) is 4.82. The van der Waals surface area contributed by atoms with Gasteiger partial charge < -0.3 is 15.2 Å². The molecule has 2 N–H and O–H groups in total. The number of para-hydroxylation sites is 1. The molecule has 0 aliphatic carbocycles. The van der Waals surface area contributed by atoms with Gasteiger partial charge in [-0.15, -0.1) is 0 Å². The molecule has 0 bridgehead atoms. The summed E-state index contributed by atoms with van der Waals surface area (Å²) in [5.41, 5.74) is 2.54. The Bertz CT molecular complexity index is 1260. The quantitative estimate of drug-likeness (QED) is 0.615. The molecular weight excluding hydrogens is 404 g/mol. The van der Waals surface area contributed by atoms with Crippen LogP contribution in [0.25, 0.3) is 10.9 Å². The predicted molar refractivity (Wildman–Crippen MR) is 123 cm³/mol. The lowest BCUT2D eigenvalue weighted by atomic mass is 9.87. The van der Waals surface area contributed by atoms with Crippen molar-refractivity contribution in [3.8, 4) is 0 Å². The number of carbonyl (C=O) groups excluding carboxylic acids is 3. The Hall–Kier alpha value is -3.61. The number of imide groups is 1. The predicted octanol–water partition coefficient (Wildman–Crippen LogP) is 3.94. The maximum absolute atomic E-state index is 13.8. The number of hydrogen-bond acceptors (Lipinski definition) is 3. The number of amides is 4. The van der Waals surface area contributed by atoms with Gasteiger partial charge in [-0.2, -0.15) is 0 Å². The van der Waals surface area contributed by atoms with Crippen molar-refractivity contribution < 1.29 is 14.4 Å². The summed E-state index contributed by atoms with van der Waals surface area (Å²) < 4.78 is 0. The minimum atomic E-state index is -1.11. The summed E-state index contributed by atoms with van der Waals surface area (Å²) in [6.07, 6.45) is 1.49. The minimum Gasteiger partial charge on any atom is -0.356 e. The molecule has 2 aromatic carbocycles. The first-order chi connectivity index (χ1) is 15.4. The highest BCUT2D eigenvalue weighted by molar-refractivity contribution is 6.24. The zero-order chi connectivity index (χ0) is 22.6. The minimum absolute atomic E-state index is 0.0366. The molecule has 2 aliphatic rings. The largest absolute Gasteiger partial charge is 0.356 e. The molecule has 164 valence electrons. The van der Waals surface area contributed by atoms with E-state index >= 15 is 0 Å². The molecular formula is C25H26N4O3.